The number of morpholine rings is 1. The molecule has 0 saturated carbocycles. The van der Waals surface area contributed by atoms with E-state index in [1.807, 2.05) is 42.5 Å². The predicted molar refractivity (Wildman–Crippen MR) is 128 cm³/mol. The van der Waals surface area contributed by atoms with Gasteiger partial charge in [-0.2, -0.15) is 0 Å². The largest absolute Gasteiger partial charge is 0.492 e. The monoisotopic (exact) mass is 474 g/mol. The van der Waals surface area contributed by atoms with Crippen molar-refractivity contribution in [3.63, 3.8) is 0 Å². The highest BCUT2D eigenvalue weighted by atomic mass is 35.5. The standard InChI is InChI=1S/C23H22N4O3.2ClH/c24-23-25-20(15-4-2-1-3-5-15)19-21(26-23)18-14-16(6-7-17(18)22(19)28)30-13-10-27-8-11-29-12-9-27;;/h1-7,14H,8-13H2,(H2,24,25,26);2*1H. The second kappa shape index (κ2) is 10.3. The van der Waals surface area contributed by atoms with Gasteiger partial charge in [0.15, 0.2) is 5.78 Å². The molecular formula is C23H24Cl2N4O3. The molecule has 0 unspecified atom stereocenters. The highest BCUT2D eigenvalue weighted by molar-refractivity contribution is 6.23. The van der Waals surface area contributed by atoms with Crippen LogP contribution >= 0.6 is 24.8 Å². The summed E-state index contributed by atoms with van der Waals surface area (Å²) in [6, 6.07) is 15.1. The summed E-state index contributed by atoms with van der Waals surface area (Å²) in [5, 5.41) is 0. The predicted octanol–water partition coefficient (Wildman–Crippen LogP) is 3.49. The summed E-state index contributed by atoms with van der Waals surface area (Å²) in [5.74, 6) is 0.770. The lowest BCUT2D eigenvalue weighted by Gasteiger charge is -2.26. The normalized spacial score (nSPS) is 14.7. The molecule has 2 aromatic carbocycles. The molecule has 0 atom stereocenters. The summed E-state index contributed by atoms with van der Waals surface area (Å²) < 4.78 is 11.3. The van der Waals surface area contributed by atoms with Crippen molar-refractivity contribution < 1.29 is 14.3 Å². The molecule has 0 radical (unpaired) electrons. The van der Waals surface area contributed by atoms with E-state index in [1.165, 1.54) is 0 Å². The van der Waals surface area contributed by atoms with E-state index in [2.05, 4.69) is 14.9 Å². The fourth-order valence-corrected chi connectivity index (χ4v) is 3.95. The number of halogens is 2. The third-order valence-electron chi connectivity index (χ3n) is 5.47. The maximum absolute atomic E-state index is 13.1. The molecule has 5 rings (SSSR count). The number of hydrogen-bond donors (Lipinski definition) is 1. The minimum absolute atomic E-state index is 0. The van der Waals surface area contributed by atoms with Crippen LogP contribution in [0.3, 0.4) is 0 Å². The lowest BCUT2D eigenvalue weighted by molar-refractivity contribution is 0.0322. The van der Waals surface area contributed by atoms with Crippen molar-refractivity contribution in [2.45, 2.75) is 0 Å². The molecule has 168 valence electrons. The zero-order chi connectivity index (χ0) is 20.5. The molecule has 7 nitrogen and oxygen atoms in total. The molecule has 3 aromatic rings. The number of benzene rings is 2. The van der Waals surface area contributed by atoms with Gasteiger partial charge in [0.1, 0.15) is 12.4 Å². The third kappa shape index (κ3) is 4.56. The minimum Gasteiger partial charge on any atom is -0.492 e. The van der Waals surface area contributed by atoms with Gasteiger partial charge in [-0.05, 0) is 18.2 Å². The van der Waals surface area contributed by atoms with Gasteiger partial charge in [-0.25, -0.2) is 9.97 Å². The summed E-state index contributed by atoms with van der Waals surface area (Å²) in [5.41, 5.74) is 9.80. The van der Waals surface area contributed by atoms with Gasteiger partial charge in [-0.3, -0.25) is 9.69 Å². The van der Waals surface area contributed by atoms with Crippen molar-refractivity contribution in [1.29, 1.82) is 0 Å². The van der Waals surface area contributed by atoms with Crippen molar-refractivity contribution in [2.24, 2.45) is 0 Å². The second-order valence-corrected chi connectivity index (χ2v) is 7.36. The van der Waals surface area contributed by atoms with Crippen molar-refractivity contribution in [3.05, 3.63) is 59.7 Å². The zero-order valence-electron chi connectivity index (χ0n) is 17.3. The van der Waals surface area contributed by atoms with Crippen LogP contribution in [0.1, 0.15) is 15.9 Å². The first kappa shape index (κ1) is 23.9. The van der Waals surface area contributed by atoms with Crippen LogP contribution in [0.25, 0.3) is 22.5 Å². The molecule has 1 aromatic heterocycles. The first-order valence-corrected chi connectivity index (χ1v) is 10.1. The number of hydrogen-bond acceptors (Lipinski definition) is 7. The SMILES string of the molecule is Cl.Cl.Nc1nc(-c2ccccc2)c2c(n1)-c1cc(OCCN3CCOCC3)ccc1C2=O. The van der Waals surface area contributed by atoms with Crippen LogP contribution in [0.2, 0.25) is 0 Å². The van der Waals surface area contributed by atoms with Crippen molar-refractivity contribution in [1.82, 2.24) is 14.9 Å². The lowest BCUT2D eigenvalue weighted by Crippen LogP contribution is -2.38. The van der Waals surface area contributed by atoms with E-state index in [0.717, 1.165) is 44.0 Å². The Balaban J connectivity index is 0.00000144. The van der Waals surface area contributed by atoms with E-state index < -0.39 is 0 Å². The molecule has 2 heterocycles. The Labute approximate surface area is 198 Å². The van der Waals surface area contributed by atoms with Crippen LogP contribution in [0.15, 0.2) is 48.5 Å². The number of fused-ring (bicyclic) bond motifs is 3. The average molecular weight is 475 g/mol. The number of carbonyl (C=O) groups is 1. The van der Waals surface area contributed by atoms with E-state index in [0.29, 0.717) is 34.9 Å². The van der Waals surface area contributed by atoms with Gasteiger partial charge in [0.2, 0.25) is 5.95 Å². The number of carbonyl (C=O) groups excluding carboxylic acids is 1. The molecule has 0 bridgehead atoms. The summed E-state index contributed by atoms with van der Waals surface area (Å²) >= 11 is 0. The Hall–Kier alpha value is -2.71. The highest BCUT2D eigenvalue weighted by Crippen LogP contribution is 2.41. The van der Waals surface area contributed by atoms with Gasteiger partial charge in [-0.1, -0.05) is 30.3 Å². The van der Waals surface area contributed by atoms with Gasteiger partial charge in [0.25, 0.3) is 0 Å². The van der Waals surface area contributed by atoms with Crippen LogP contribution in [-0.2, 0) is 4.74 Å². The molecule has 1 saturated heterocycles. The number of rotatable bonds is 5. The maximum atomic E-state index is 13.1. The van der Waals surface area contributed by atoms with Crippen molar-refractivity contribution >= 4 is 36.5 Å². The quantitative estimate of drug-likeness (QED) is 0.473. The molecule has 2 N–H and O–H groups in total. The molecular weight excluding hydrogens is 451 g/mol. The molecule has 1 aliphatic carbocycles. The smallest absolute Gasteiger partial charge is 0.221 e. The third-order valence-corrected chi connectivity index (χ3v) is 5.47. The fourth-order valence-electron chi connectivity index (χ4n) is 3.95. The van der Waals surface area contributed by atoms with Gasteiger partial charge in [0, 0.05) is 36.3 Å². The number of anilines is 1. The Morgan fingerprint density at radius 2 is 1.69 bits per heavy atom. The Morgan fingerprint density at radius 1 is 0.969 bits per heavy atom. The number of nitrogens with zero attached hydrogens (tertiary/aromatic N) is 3. The van der Waals surface area contributed by atoms with Crippen LogP contribution in [-0.4, -0.2) is 60.1 Å². The summed E-state index contributed by atoms with van der Waals surface area (Å²) in [7, 11) is 0. The first-order chi connectivity index (χ1) is 14.7. The molecule has 9 heteroatoms. The van der Waals surface area contributed by atoms with E-state index in [4.69, 9.17) is 15.2 Å². The topological polar surface area (TPSA) is 90.6 Å². The number of ketones is 1. The van der Waals surface area contributed by atoms with E-state index in [-0.39, 0.29) is 36.5 Å². The summed E-state index contributed by atoms with van der Waals surface area (Å²) in [4.78, 5) is 24.2. The highest BCUT2D eigenvalue weighted by Gasteiger charge is 2.33. The molecule has 1 aliphatic heterocycles. The van der Waals surface area contributed by atoms with Gasteiger partial charge in [-0.15, -0.1) is 24.8 Å². The van der Waals surface area contributed by atoms with Gasteiger partial charge in [0.05, 0.1) is 30.2 Å². The molecule has 32 heavy (non-hydrogen) atoms. The second-order valence-electron chi connectivity index (χ2n) is 7.36. The average Bonchev–Trinajstić information content (AvgIpc) is 3.06. The zero-order valence-corrected chi connectivity index (χ0v) is 19.0. The van der Waals surface area contributed by atoms with Crippen molar-refractivity contribution in [2.75, 3.05) is 45.2 Å². The summed E-state index contributed by atoms with van der Waals surface area (Å²) in [6.45, 7) is 4.79. The number of nitrogens with two attached hydrogens (primary N) is 1. The van der Waals surface area contributed by atoms with E-state index in [9.17, 15) is 4.79 Å². The van der Waals surface area contributed by atoms with E-state index >= 15 is 0 Å². The number of aromatic nitrogens is 2. The Kier molecular flexibility index (Phi) is 7.69. The Morgan fingerprint density at radius 3 is 2.44 bits per heavy atom. The minimum atomic E-state index is -0.0845. The molecule has 2 aliphatic rings. The van der Waals surface area contributed by atoms with E-state index in [1.54, 1.807) is 6.07 Å². The molecule has 0 amide bonds. The maximum Gasteiger partial charge on any atom is 0.221 e. The fraction of sp³-hybridized carbons (Fsp3) is 0.261. The summed E-state index contributed by atoms with van der Waals surface area (Å²) in [6.07, 6.45) is 0. The molecule has 0 spiro atoms. The van der Waals surface area contributed by atoms with Gasteiger partial charge < -0.3 is 15.2 Å². The number of nitrogen functional groups attached to an aromatic ring is 1. The van der Waals surface area contributed by atoms with Crippen LogP contribution in [0.4, 0.5) is 5.95 Å². The van der Waals surface area contributed by atoms with Crippen LogP contribution < -0.4 is 10.5 Å². The van der Waals surface area contributed by atoms with Crippen molar-refractivity contribution in [3.8, 4) is 28.3 Å². The van der Waals surface area contributed by atoms with Gasteiger partial charge >= 0.3 is 0 Å². The molecule has 1 fully saturated rings. The lowest BCUT2D eigenvalue weighted by atomic mass is 10.0. The van der Waals surface area contributed by atoms with Crippen LogP contribution in [0, 0.1) is 0 Å². The van der Waals surface area contributed by atoms with Crippen LogP contribution in [0.5, 0.6) is 5.75 Å². The first-order valence-electron chi connectivity index (χ1n) is 10.1. The Bertz CT molecular complexity index is 1110. The number of ether oxygens (including phenoxy) is 2.